The van der Waals surface area contributed by atoms with Crippen molar-refractivity contribution in [2.75, 3.05) is 13.1 Å². The SMILES string of the molecule is O=C(NCc1ccccc1)C(Cc1ccccc1)N(Cc1ccccc1)C(=O)CCc1ccc(S(=O)(=O)N2CCCC2)cc1. The smallest absolute Gasteiger partial charge is 0.243 e. The maximum Gasteiger partial charge on any atom is 0.243 e. The Balaban J connectivity index is 1.35. The minimum Gasteiger partial charge on any atom is -0.350 e. The summed E-state index contributed by atoms with van der Waals surface area (Å²) in [4.78, 5) is 29.7. The highest BCUT2D eigenvalue weighted by atomic mass is 32.2. The summed E-state index contributed by atoms with van der Waals surface area (Å²) in [7, 11) is -3.50. The first-order chi connectivity index (χ1) is 21.4. The monoisotopic (exact) mass is 609 g/mol. The normalized spacial score (nSPS) is 14.2. The number of aryl methyl sites for hydroxylation is 1. The quantitative estimate of drug-likeness (QED) is 0.221. The third kappa shape index (κ3) is 8.21. The van der Waals surface area contributed by atoms with Crippen LogP contribution < -0.4 is 5.32 Å². The third-order valence-electron chi connectivity index (χ3n) is 8.03. The Morgan fingerprint density at radius 3 is 1.84 bits per heavy atom. The van der Waals surface area contributed by atoms with Gasteiger partial charge in [-0.1, -0.05) is 103 Å². The van der Waals surface area contributed by atoms with E-state index in [9.17, 15) is 18.0 Å². The molecule has 4 aromatic carbocycles. The van der Waals surface area contributed by atoms with Gasteiger partial charge < -0.3 is 10.2 Å². The minimum absolute atomic E-state index is 0.140. The molecule has 2 amide bonds. The highest BCUT2D eigenvalue weighted by molar-refractivity contribution is 7.89. The van der Waals surface area contributed by atoms with Crippen molar-refractivity contribution in [1.29, 1.82) is 0 Å². The predicted octanol–water partition coefficient (Wildman–Crippen LogP) is 5.36. The minimum atomic E-state index is -3.50. The number of carbonyl (C=O) groups is 2. The molecule has 1 saturated heterocycles. The number of rotatable bonds is 13. The molecule has 1 unspecified atom stereocenters. The highest BCUT2D eigenvalue weighted by Crippen LogP contribution is 2.22. The van der Waals surface area contributed by atoms with Crippen LogP contribution in [0.3, 0.4) is 0 Å². The lowest BCUT2D eigenvalue weighted by Gasteiger charge is -2.31. The van der Waals surface area contributed by atoms with E-state index in [-0.39, 0.29) is 23.1 Å². The van der Waals surface area contributed by atoms with Crippen molar-refractivity contribution in [3.63, 3.8) is 0 Å². The van der Waals surface area contributed by atoms with Gasteiger partial charge in [-0.15, -0.1) is 0 Å². The van der Waals surface area contributed by atoms with Crippen LogP contribution in [-0.2, 0) is 45.5 Å². The largest absolute Gasteiger partial charge is 0.350 e. The molecule has 0 spiro atoms. The van der Waals surface area contributed by atoms with E-state index >= 15 is 0 Å². The fourth-order valence-electron chi connectivity index (χ4n) is 5.54. The Bertz CT molecular complexity index is 1610. The summed E-state index contributed by atoms with van der Waals surface area (Å²) in [5, 5.41) is 3.06. The maximum atomic E-state index is 14.0. The second-order valence-electron chi connectivity index (χ2n) is 11.2. The lowest BCUT2D eigenvalue weighted by atomic mass is 10.0. The van der Waals surface area contributed by atoms with Crippen LogP contribution in [0.4, 0.5) is 0 Å². The molecule has 1 heterocycles. The van der Waals surface area contributed by atoms with E-state index in [0.717, 1.165) is 35.1 Å². The van der Waals surface area contributed by atoms with Crippen LogP contribution in [0.5, 0.6) is 0 Å². The predicted molar refractivity (Wildman–Crippen MR) is 172 cm³/mol. The summed E-state index contributed by atoms with van der Waals surface area (Å²) in [5.74, 6) is -0.350. The number of amides is 2. The van der Waals surface area contributed by atoms with Crippen molar-refractivity contribution in [3.05, 3.63) is 138 Å². The lowest BCUT2D eigenvalue weighted by Crippen LogP contribution is -2.50. The van der Waals surface area contributed by atoms with Crippen molar-refractivity contribution in [2.45, 2.75) is 56.1 Å². The van der Waals surface area contributed by atoms with Crippen molar-refractivity contribution in [3.8, 4) is 0 Å². The summed E-state index contributed by atoms with van der Waals surface area (Å²) in [6, 6.07) is 35.3. The van der Waals surface area contributed by atoms with Gasteiger partial charge in [0, 0.05) is 39.0 Å². The van der Waals surface area contributed by atoms with E-state index < -0.39 is 16.1 Å². The van der Waals surface area contributed by atoms with E-state index in [0.29, 0.717) is 39.0 Å². The summed E-state index contributed by atoms with van der Waals surface area (Å²) < 4.78 is 27.4. The van der Waals surface area contributed by atoms with Gasteiger partial charge in [-0.05, 0) is 53.6 Å². The fourth-order valence-corrected chi connectivity index (χ4v) is 7.05. The van der Waals surface area contributed by atoms with Crippen LogP contribution in [0.2, 0.25) is 0 Å². The summed E-state index contributed by atoms with van der Waals surface area (Å²) in [5.41, 5.74) is 3.75. The van der Waals surface area contributed by atoms with E-state index in [1.807, 2.05) is 91.0 Å². The zero-order valence-corrected chi connectivity index (χ0v) is 25.7. The lowest BCUT2D eigenvalue weighted by molar-refractivity contribution is -0.141. The Morgan fingerprint density at radius 1 is 0.705 bits per heavy atom. The zero-order chi connectivity index (χ0) is 30.8. The van der Waals surface area contributed by atoms with Crippen LogP contribution in [0.15, 0.2) is 120 Å². The molecule has 0 radical (unpaired) electrons. The van der Waals surface area contributed by atoms with Gasteiger partial charge >= 0.3 is 0 Å². The molecule has 0 aromatic heterocycles. The third-order valence-corrected chi connectivity index (χ3v) is 9.94. The van der Waals surface area contributed by atoms with Crippen molar-refractivity contribution < 1.29 is 18.0 Å². The number of hydrogen-bond donors (Lipinski definition) is 1. The molecule has 5 rings (SSSR count). The van der Waals surface area contributed by atoms with Gasteiger partial charge in [0.25, 0.3) is 0 Å². The van der Waals surface area contributed by atoms with Gasteiger partial charge in [0.15, 0.2) is 0 Å². The van der Waals surface area contributed by atoms with Crippen molar-refractivity contribution in [2.24, 2.45) is 0 Å². The standard InChI is InChI=1S/C36H39N3O4S/c40-35(23-20-29-18-21-33(22-19-29)44(42,43)38-24-10-11-25-38)39(28-32-16-8-3-9-17-32)34(26-30-12-4-1-5-13-30)36(41)37-27-31-14-6-2-7-15-31/h1-9,12-19,21-22,34H,10-11,20,23-28H2,(H,37,41). The number of hydrogen-bond acceptors (Lipinski definition) is 4. The first kappa shape index (κ1) is 31.2. The Labute approximate surface area is 260 Å². The number of benzene rings is 4. The van der Waals surface area contributed by atoms with Gasteiger partial charge in [-0.2, -0.15) is 4.31 Å². The number of carbonyl (C=O) groups excluding carboxylic acids is 2. The first-order valence-electron chi connectivity index (χ1n) is 15.2. The molecule has 8 heteroatoms. The van der Waals surface area contributed by atoms with Crippen LogP contribution >= 0.6 is 0 Å². The average molecular weight is 610 g/mol. The molecule has 0 saturated carbocycles. The molecule has 0 bridgehead atoms. The summed E-state index contributed by atoms with van der Waals surface area (Å²) in [6.45, 7) is 1.77. The van der Waals surface area contributed by atoms with Crippen LogP contribution in [0.1, 0.15) is 41.5 Å². The van der Waals surface area contributed by atoms with Crippen LogP contribution in [0, 0.1) is 0 Å². The van der Waals surface area contributed by atoms with Gasteiger partial charge in [-0.3, -0.25) is 9.59 Å². The molecular formula is C36H39N3O4S. The highest BCUT2D eigenvalue weighted by Gasteiger charge is 2.30. The Hall–Kier alpha value is -4.27. The van der Waals surface area contributed by atoms with Gasteiger partial charge in [0.2, 0.25) is 21.8 Å². The average Bonchev–Trinajstić information content (AvgIpc) is 3.62. The van der Waals surface area contributed by atoms with E-state index in [4.69, 9.17) is 0 Å². The molecular weight excluding hydrogens is 570 g/mol. The maximum absolute atomic E-state index is 14.0. The number of sulfonamides is 1. The first-order valence-corrected chi connectivity index (χ1v) is 16.6. The van der Waals surface area contributed by atoms with Crippen LogP contribution in [-0.4, -0.2) is 48.6 Å². The zero-order valence-electron chi connectivity index (χ0n) is 24.8. The van der Waals surface area contributed by atoms with Crippen LogP contribution in [0.25, 0.3) is 0 Å². The van der Waals surface area contributed by atoms with E-state index in [2.05, 4.69) is 5.32 Å². The number of nitrogens with one attached hydrogen (secondary N) is 1. The van der Waals surface area contributed by atoms with E-state index in [1.165, 1.54) is 4.31 Å². The Kier molecular flexibility index (Phi) is 10.6. The molecule has 7 nitrogen and oxygen atoms in total. The van der Waals surface area contributed by atoms with Gasteiger partial charge in [0.1, 0.15) is 6.04 Å². The fraction of sp³-hybridized carbons (Fsp3) is 0.278. The molecule has 1 aliphatic rings. The van der Waals surface area contributed by atoms with Crippen molar-refractivity contribution >= 4 is 21.8 Å². The molecule has 44 heavy (non-hydrogen) atoms. The summed E-state index contributed by atoms with van der Waals surface area (Å²) >= 11 is 0. The molecule has 228 valence electrons. The van der Waals surface area contributed by atoms with Gasteiger partial charge in [-0.25, -0.2) is 8.42 Å². The van der Waals surface area contributed by atoms with E-state index in [1.54, 1.807) is 29.2 Å². The second-order valence-corrected chi connectivity index (χ2v) is 13.1. The van der Waals surface area contributed by atoms with Gasteiger partial charge in [0.05, 0.1) is 4.90 Å². The molecule has 1 N–H and O–H groups in total. The Morgan fingerprint density at radius 2 is 1.25 bits per heavy atom. The molecule has 1 fully saturated rings. The van der Waals surface area contributed by atoms with Crippen molar-refractivity contribution in [1.82, 2.24) is 14.5 Å². The molecule has 1 aliphatic heterocycles. The molecule has 4 aromatic rings. The topological polar surface area (TPSA) is 86.8 Å². The number of nitrogens with zero attached hydrogens (tertiary/aromatic N) is 2. The molecule has 1 atom stereocenters. The summed E-state index contributed by atoms with van der Waals surface area (Å²) in [6.07, 6.45) is 2.76. The second kappa shape index (κ2) is 14.9. The molecule has 0 aliphatic carbocycles.